The molecule has 0 saturated heterocycles. The molecule has 0 saturated carbocycles. The molecule has 0 unspecified atom stereocenters. The molecule has 1 aliphatic rings. The van der Waals surface area contributed by atoms with Gasteiger partial charge in [-0.2, -0.15) is 5.10 Å². The van der Waals surface area contributed by atoms with Crippen LogP contribution in [0.3, 0.4) is 0 Å². The number of nitrogens with one attached hydrogen (secondary N) is 1. The van der Waals surface area contributed by atoms with Crippen LogP contribution in [0.25, 0.3) is 33.2 Å². The van der Waals surface area contributed by atoms with Gasteiger partial charge in [-0.05, 0) is 28.8 Å². The SMILES string of the molecule is COc1ccc2c(c1-c1ccccc1-c1n[nH]c(=O)c3ccccc13)CN(C(=O)O)C2. The normalized spacial score (nSPS) is 12.7. The molecule has 154 valence electrons. The number of carboxylic acid groups (broad SMARTS) is 1. The number of benzene rings is 3. The fraction of sp³-hybridized carbons (Fsp3) is 0.125. The van der Waals surface area contributed by atoms with Crippen LogP contribution in [0.4, 0.5) is 4.79 Å². The van der Waals surface area contributed by atoms with E-state index in [2.05, 4.69) is 10.2 Å². The molecule has 0 atom stereocenters. The molecular weight excluding hydrogens is 394 g/mol. The van der Waals surface area contributed by atoms with Crippen molar-refractivity contribution in [2.24, 2.45) is 0 Å². The van der Waals surface area contributed by atoms with Gasteiger partial charge in [0.1, 0.15) is 5.75 Å². The van der Waals surface area contributed by atoms with Crippen molar-refractivity contribution in [3.05, 3.63) is 82.1 Å². The average molecular weight is 413 g/mol. The number of carbonyl (C=O) groups is 1. The Morgan fingerprint density at radius 1 is 1.00 bits per heavy atom. The minimum atomic E-state index is -0.956. The lowest BCUT2D eigenvalue weighted by molar-refractivity contribution is 0.145. The lowest BCUT2D eigenvalue weighted by atomic mass is 9.90. The van der Waals surface area contributed by atoms with Gasteiger partial charge in [0.05, 0.1) is 24.7 Å². The van der Waals surface area contributed by atoms with Crippen molar-refractivity contribution in [2.45, 2.75) is 13.1 Å². The average Bonchev–Trinajstić information content (AvgIpc) is 3.24. The summed E-state index contributed by atoms with van der Waals surface area (Å²) in [7, 11) is 1.60. The highest BCUT2D eigenvalue weighted by Gasteiger charge is 2.28. The molecule has 0 spiro atoms. The second-order valence-electron chi connectivity index (χ2n) is 7.41. The summed E-state index contributed by atoms with van der Waals surface area (Å²) in [5.74, 6) is 0.659. The molecule has 0 radical (unpaired) electrons. The van der Waals surface area contributed by atoms with Gasteiger partial charge in [0.25, 0.3) is 5.56 Å². The monoisotopic (exact) mass is 413 g/mol. The standard InChI is InChI=1S/C24H19N3O4/c1-31-20-11-10-14-12-27(24(29)30)13-19(14)21(20)15-6-2-3-7-16(15)22-17-8-4-5-9-18(17)23(28)26-25-22/h2-11H,12-13H2,1H3,(H,26,28)(H,29,30). The fourth-order valence-corrected chi connectivity index (χ4v) is 4.28. The first-order chi connectivity index (χ1) is 15.1. The van der Waals surface area contributed by atoms with E-state index in [-0.39, 0.29) is 12.1 Å². The van der Waals surface area contributed by atoms with Crippen LogP contribution >= 0.6 is 0 Å². The lowest BCUT2D eigenvalue weighted by Crippen LogP contribution is -2.22. The van der Waals surface area contributed by atoms with Crippen molar-refractivity contribution in [2.75, 3.05) is 7.11 Å². The Kier molecular flexibility index (Phi) is 4.43. The van der Waals surface area contributed by atoms with E-state index >= 15 is 0 Å². The van der Waals surface area contributed by atoms with Crippen LogP contribution in [-0.2, 0) is 13.1 Å². The van der Waals surface area contributed by atoms with Gasteiger partial charge in [0, 0.05) is 23.1 Å². The van der Waals surface area contributed by atoms with E-state index < -0.39 is 6.09 Å². The maximum atomic E-state index is 12.3. The summed E-state index contributed by atoms with van der Waals surface area (Å²) < 4.78 is 5.67. The van der Waals surface area contributed by atoms with E-state index in [1.165, 1.54) is 4.90 Å². The predicted molar refractivity (Wildman–Crippen MR) is 117 cm³/mol. The summed E-state index contributed by atoms with van der Waals surface area (Å²) in [6.07, 6.45) is -0.956. The van der Waals surface area contributed by atoms with Crippen LogP contribution in [0.15, 0.2) is 65.5 Å². The van der Waals surface area contributed by atoms with Crippen LogP contribution in [0, 0.1) is 0 Å². The number of amides is 1. The number of fused-ring (bicyclic) bond motifs is 2. The smallest absolute Gasteiger partial charge is 0.407 e. The van der Waals surface area contributed by atoms with E-state index in [0.29, 0.717) is 23.4 Å². The summed E-state index contributed by atoms with van der Waals surface area (Å²) in [6, 6.07) is 18.9. The third-order valence-electron chi connectivity index (χ3n) is 5.72. The first-order valence-corrected chi connectivity index (χ1v) is 9.82. The van der Waals surface area contributed by atoms with Crippen LogP contribution in [0.1, 0.15) is 11.1 Å². The highest BCUT2D eigenvalue weighted by Crippen LogP contribution is 2.43. The first kappa shape index (κ1) is 18.9. The second kappa shape index (κ2) is 7.28. The number of hydrogen-bond acceptors (Lipinski definition) is 4. The Morgan fingerprint density at radius 2 is 1.71 bits per heavy atom. The Morgan fingerprint density at radius 3 is 2.45 bits per heavy atom. The van der Waals surface area contributed by atoms with E-state index in [1.54, 1.807) is 13.2 Å². The number of methoxy groups -OCH3 is 1. The van der Waals surface area contributed by atoms with Crippen molar-refractivity contribution < 1.29 is 14.6 Å². The highest BCUT2D eigenvalue weighted by atomic mass is 16.5. The second-order valence-corrected chi connectivity index (χ2v) is 7.41. The van der Waals surface area contributed by atoms with E-state index in [4.69, 9.17) is 4.74 Å². The van der Waals surface area contributed by atoms with Gasteiger partial charge in [-0.1, -0.05) is 48.5 Å². The lowest BCUT2D eigenvalue weighted by Gasteiger charge is -2.17. The van der Waals surface area contributed by atoms with Gasteiger partial charge >= 0.3 is 6.09 Å². The van der Waals surface area contributed by atoms with Crippen molar-refractivity contribution >= 4 is 16.9 Å². The zero-order valence-corrected chi connectivity index (χ0v) is 16.8. The topological polar surface area (TPSA) is 95.5 Å². The largest absolute Gasteiger partial charge is 0.496 e. The molecule has 3 aromatic carbocycles. The number of hydrogen-bond donors (Lipinski definition) is 2. The van der Waals surface area contributed by atoms with E-state index in [0.717, 1.165) is 33.2 Å². The molecular formula is C24H19N3O4. The fourth-order valence-electron chi connectivity index (χ4n) is 4.28. The molecule has 31 heavy (non-hydrogen) atoms. The Labute approximate surface area is 177 Å². The van der Waals surface area contributed by atoms with Gasteiger partial charge in [0.2, 0.25) is 0 Å². The maximum absolute atomic E-state index is 12.3. The Hall–Kier alpha value is -4.13. The number of rotatable bonds is 3. The van der Waals surface area contributed by atoms with E-state index in [9.17, 15) is 14.7 Å². The quantitative estimate of drug-likeness (QED) is 0.523. The maximum Gasteiger partial charge on any atom is 0.407 e. The van der Waals surface area contributed by atoms with Gasteiger partial charge < -0.3 is 9.84 Å². The zero-order chi connectivity index (χ0) is 21.5. The van der Waals surface area contributed by atoms with Gasteiger partial charge in [0.15, 0.2) is 0 Å². The number of ether oxygens (including phenoxy) is 1. The summed E-state index contributed by atoms with van der Waals surface area (Å²) in [5, 5.41) is 17.8. The number of nitrogens with zero attached hydrogens (tertiary/aromatic N) is 2. The summed E-state index contributed by atoms with van der Waals surface area (Å²) in [6.45, 7) is 0.620. The molecule has 7 heteroatoms. The van der Waals surface area contributed by atoms with E-state index in [1.807, 2.05) is 54.6 Å². The van der Waals surface area contributed by atoms with Crippen LogP contribution in [-0.4, -0.2) is 33.4 Å². The van der Waals surface area contributed by atoms with Crippen LogP contribution in [0.5, 0.6) is 5.75 Å². The molecule has 0 bridgehead atoms. The molecule has 7 nitrogen and oxygen atoms in total. The molecule has 5 rings (SSSR count). The molecule has 0 aliphatic carbocycles. The van der Waals surface area contributed by atoms with Crippen LogP contribution in [0.2, 0.25) is 0 Å². The zero-order valence-electron chi connectivity index (χ0n) is 16.8. The van der Waals surface area contributed by atoms with Gasteiger partial charge in [-0.25, -0.2) is 9.89 Å². The summed E-state index contributed by atoms with van der Waals surface area (Å²) in [4.78, 5) is 25.2. The molecule has 2 N–H and O–H groups in total. The molecule has 1 aliphatic heterocycles. The molecule has 4 aromatic rings. The number of aromatic amines is 1. The van der Waals surface area contributed by atoms with Crippen molar-refractivity contribution in [3.8, 4) is 28.1 Å². The van der Waals surface area contributed by atoms with Gasteiger partial charge in [-0.15, -0.1) is 0 Å². The van der Waals surface area contributed by atoms with Gasteiger partial charge in [-0.3, -0.25) is 9.69 Å². The summed E-state index contributed by atoms with van der Waals surface area (Å²) >= 11 is 0. The number of H-pyrrole nitrogens is 1. The first-order valence-electron chi connectivity index (χ1n) is 9.82. The third-order valence-corrected chi connectivity index (χ3v) is 5.72. The van der Waals surface area contributed by atoms with Crippen LogP contribution < -0.4 is 10.3 Å². The molecule has 2 heterocycles. The third kappa shape index (κ3) is 3.02. The summed E-state index contributed by atoms with van der Waals surface area (Å²) in [5.41, 5.74) is 4.82. The molecule has 1 aromatic heterocycles. The van der Waals surface area contributed by atoms with Crippen molar-refractivity contribution in [1.29, 1.82) is 0 Å². The minimum Gasteiger partial charge on any atom is -0.496 e. The van der Waals surface area contributed by atoms with Crippen molar-refractivity contribution in [3.63, 3.8) is 0 Å². The van der Waals surface area contributed by atoms with Crippen molar-refractivity contribution in [1.82, 2.24) is 15.1 Å². The molecule has 1 amide bonds. The Balaban J connectivity index is 1.79. The number of aromatic nitrogens is 2. The minimum absolute atomic E-state index is 0.243. The molecule has 0 fully saturated rings. The predicted octanol–water partition coefficient (Wildman–Crippen LogP) is 4.26. The highest BCUT2D eigenvalue weighted by molar-refractivity contribution is 5.99. The Bertz CT molecular complexity index is 1390.